The highest BCUT2D eigenvalue weighted by atomic mass is 17.1. The lowest BCUT2D eigenvalue weighted by Crippen LogP contribution is -2.48. The molecule has 0 fully saturated rings. The summed E-state index contributed by atoms with van der Waals surface area (Å²) in [5, 5.41) is 23.2. The van der Waals surface area contributed by atoms with Crippen LogP contribution in [0.4, 0.5) is 0 Å². The van der Waals surface area contributed by atoms with Crippen LogP contribution in [0.5, 0.6) is 5.75 Å². The number of nitrogens with one attached hydrogen (secondary N) is 2. The zero-order valence-electron chi connectivity index (χ0n) is 20.2. The Kier molecular flexibility index (Phi) is 13.4. The molecule has 2 aromatic carbocycles. The number of hydrogen-bond donors (Lipinski definition) is 4. The van der Waals surface area contributed by atoms with Crippen LogP contribution in [0.15, 0.2) is 48.5 Å². The van der Waals surface area contributed by atoms with Crippen LogP contribution in [0.25, 0.3) is 0 Å². The Bertz CT molecular complexity index is 893. The van der Waals surface area contributed by atoms with Crippen molar-refractivity contribution in [3.05, 3.63) is 65.2 Å². The fraction of sp³-hybridized carbons (Fsp3) is 0.462. The monoisotopic (exact) mass is 488 g/mol. The summed E-state index contributed by atoms with van der Waals surface area (Å²) in [5.74, 6) is 0.00675. The summed E-state index contributed by atoms with van der Waals surface area (Å²) in [5.41, 5.74) is 2.37. The topological polar surface area (TPSA) is 126 Å². The molecule has 192 valence electrons. The van der Waals surface area contributed by atoms with Crippen molar-refractivity contribution in [3.63, 3.8) is 0 Å². The number of benzene rings is 2. The van der Waals surface area contributed by atoms with E-state index in [1.165, 1.54) is 0 Å². The van der Waals surface area contributed by atoms with E-state index < -0.39 is 6.04 Å². The van der Waals surface area contributed by atoms with Gasteiger partial charge in [0.1, 0.15) is 31.6 Å². The molecular weight excluding hydrogens is 452 g/mol. The minimum atomic E-state index is -0.752. The van der Waals surface area contributed by atoms with Crippen molar-refractivity contribution in [2.45, 2.75) is 58.1 Å². The van der Waals surface area contributed by atoms with Crippen molar-refractivity contribution in [2.75, 3.05) is 19.8 Å². The van der Waals surface area contributed by atoms with E-state index in [2.05, 4.69) is 27.3 Å². The van der Waals surface area contributed by atoms with Gasteiger partial charge in [0.2, 0.25) is 11.8 Å². The van der Waals surface area contributed by atoms with E-state index in [9.17, 15) is 9.59 Å². The molecule has 0 heterocycles. The SMILES string of the molecule is CCCCCNC(=O)C(Cc1ccc(OCCOO)c(COO)c1)NC(=O)CCc1ccccc1. The first-order valence-corrected chi connectivity index (χ1v) is 12.0. The lowest BCUT2D eigenvalue weighted by atomic mass is 10.0. The van der Waals surface area contributed by atoms with Crippen LogP contribution < -0.4 is 15.4 Å². The highest BCUT2D eigenvalue weighted by molar-refractivity contribution is 5.88. The number of ether oxygens (including phenoxy) is 1. The van der Waals surface area contributed by atoms with Crippen LogP contribution in [0, 0.1) is 0 Å². The predicted octanol–water partition coefficient (Wildman–Crippen LogP) is 3.51. The summed E-state index contributed by atoms with van der Waals surface area (Å²) < 4.78 is 5.53. The molecule has 35 heavy (non-hydrogen) atoms. The highest BCUT2D eigenvalue weighted by Gasteiger charge is 2.21. The molecule has 4 N–H and O–H groups in total. The molecule has 0 aromatic heterocycles. The average molecular weight is 489 g/mol. The number of hydrogen-bond acceptors (Lipinski definition) is 7. The minimum Gasteiger partial charge on any atom is -0.491 e. The van der Waals surface area contributed by atoms with Crippen LogP contribution in [0.3, 0.4) is 0 Å². The molecule has 2 rings (SSSR count). The number of unbranched alkanes of at least 4 members (excludes halogenated alkanes) is 2. The van der Waals surface area contributed by atoms with Crippen LogP contribution in [0.2, 0.25) is 0 Å². The molecule has 0 bridgehead atoms. The summed E-state index contributed by atoms with van der Waals surface area (Å²) in [6.07, 6.45) is 4.05. The number of amides is 2. The van der Waals surface area contributed by atoms with E-state index in [0.717, 1.165) is 30.4 Å². The molecule has 1 atom stereocenters. The van der Waals surface area contributed by atoms with E-state index in [-0.39, 0.29) is 44.5 Å². The van der Waals surface area contributed by atoms with Gasteiger partial charge in [-0.3, -0.25) is 20.1 Å². The van der Waals surface area contributed by atoms with E-state index in [1.807, 2.05) is 30.3 Å². The van der Waals surface area contributed by atoms with Crippen molar-refractivity contribution in [1.29, 1.82) is 0 Å². The third-order valence-electron chi connectivity index (χ3n) is 5.43. The average Bonchev–Trinajstić information content (AvgIpc) is 2.87. The molecule has 1 unspecified atom stereocenters. The van der Waals surface area contributed by atoms with Crippen LogP contribution in [0.1, 0.15) is 49.3 Å². The summed E-state index contributed by atoms with van der Waals surface area (Å²) in [7, 11) is 0. The minimum absolute atomic E-state index is 0.0174. The normalized spacial score (nSPS) is 11.6. The second-order valence-electron chi connectivity index (χ2n) is 8.21. The Morgan fingerprint density at radius 2 is 1.77 bits per heavy atom. The first-order valence-electron chi connectivity index (χ1n) is 12.0. The van der Waals surface area contributed by atoms with E-state index in [4.69, 9.17) is 15.3 Å². The molecule has 2 aromatic rings. The Labute approximate surface area is 206 Å². The molecule has 2 amide bonds. The zero-order valence-corrected chi connectivity index (χ0v) is 20.2. The maximum absolute atomic E-state index is 12.9. The molecular formula is C26H36N2O7. The molecule has 0 aliphatic heterocycles. The number of carbonyl (C=O) groups is 2. The molecule has 0 saturated carbocycles. The van der Waals surface area contributed by atoms with Crippen molar-refractivity contribution in [2.24, 2.45) is 0 Å². The van der Waals surface area contributed by atoms with Crippen molar-refractivity contribution in [3.8, 4) is 5.75 Å². The molecule has 9 heteroatoms. The van der Waals surface area contributed by atoms with Gasteiger partial charge in [-0.15, -0.1) is 0 Å². The fourth-order valence-corrected chi connectivity index (χ4v) is 3.60. The van der Waals surface area contributed by atoms with Gasteiger partial charge >= 0.3 is 0 Å². The van der Waals surface area contributed by atoms with Gasteiger partial charge in [-0.2, -0.15) is 0 Å². The van der Waals surface area contributed by atoms with Crippen molar-refractivity contribution >= 4 is 11.8 Å². The van der Waals surface area contributed by atoms with Crippen molar-refractivity contribution < 1.29 is 34.6 Å². The van der Waals surface area contributed by atoms with Gasteiger partial charge in [-0.25, -0.2) is 9.78 Å². The lowest BCUT2D eigenvalue weighted by molar-refractivity contribution is -0.253. The van der Waals surface area contributed by atoms with Gasteiger partial charge in [0.15, 0.2) is 0 Å². The lowest BCUT2D eigenvalue weighted by Gasteiger charge is -2.20. The molecule has 0 spiro atoms. The zero-order chi connectivity index (χ0) is 25.3. The Morgan fingerprint density at radius 1 is 0.971 bits per heavy atom. The second kappa shape index (κ2) is 16.6. The van der Waals surface area contributed by atoms with Gasteiger partial charge in [-0.1, -0.05) is 56.2 Å². The second-order valence-corrected chi connectivity index (χ2v) is 8.21. The summed E-state index contributed by atoms with van der Waals surface area (Å²) in [6, 6.07) is 14.2. The molecule has 0 radical (unpaired) electrons. The maximum atomic E-state index is 12.9. The van der Waals surface area contributed by atoms with Gasteiger partial charge in [-0.05, 0) is 36.1 Å². The number of carbonyl (C=O) groups excluding carboxylic acids is 2. The summed E-state index contributed by atoms with van der Waals surface area (Å²) >= 11 is 0. The summed E-state index contributed by atoms with van der Waals surface area (Å²) in [4.78, 5) is 33.9. The highest BCUT2D eigenvalue weighted by Crippen LogP contribution is 2.22. The molecule has 0 saturated heterocycles. The Hall–Kier alpha value is -2.98. The standard InChI is InChI=1S/C26H36N2O7/c1-2-3-7-14-27-26(30)23(28-25(29)13-11-20-8-5-4-6-9-20)18-21-10-12-24(33-15-16-34-31)22(17-21)19-35-32/h4-6,8-10,12,17,23,31-32H,2-3,7,11,13-16,18-19H2,1H3,(H,27,30)(H,28,29). The first-order chi connectivity index (χ1) is 17.1. The van der Waals surface area contributed by atoms with Crippen LogP contribution in [-0.4, -0.2) is 48.1 Å². The third-order valence-corrected chi connectivity index (χ3v) is 5.43. The largest absolute Gasteiger partial charge is 0.491 e. The Balaban J connectivity index is 2.08. The van der Waals surface area contributed by atoms with Gasteiger partial charge in [0.25, 0.3) is 0 Å². The quantitative estimate of drug-likeness (QED) is 0.152. The van der Waals surface area contributed by atoms with Crippen LogP contribution >= 0.6 is 0 Å². The van der Waals surface area contributed by atoms with E-state index in [0.29, 0.717) is 24.3 Å². The van der Waals surface area contributed by atoms with E-state index >= 15 is 0 Å². The van der Waals surface area contributed by atoms with Crippen LogP contribution in [-0.2, 0) is 38.8 Å². The van der Waals surface area contributed by atoms with E-state index in [1.54, 1.807) is 18.2 Å². The molecule has 9 nitrogen and oxygen atoms in total. The molecule has 0 aliphatic carbocycles. The predicted molar refractivity (Wildman–Crippen MR) is 131 cm³/mol. The van der Waals surface area contributed by atoms with Gasteiger partial charge < -0.3 is 15.4 Å². The fourth-order valence-electron chi connectivity index (χ4n) is 3.60. The number of aryl methyl sites for hydroxylation is 1. The smallest absolute Gasteiger partial charge is 0.242 e. The first kappa shape index (κ1) is 28.3. The molecule has 0 aliphatic rings. The van der Waals surface area contributed by atoms with Gasteiger partial charge in [0, 0.05) is 24.9 Å². The maximum Gasteiger partial charge on any atom is 0.242 e. The van der Waals surface area contributed by atoms with Crippen molar-refractivity contribution in [1.82, 2.24) is 10.6 Å². The Morgan fingerprint density at radius 3 is 2.49 bits per heavy atom. The summed E-state index contributed by atoms with van der Waals surface area (Å²) in [6.45, 7) is 2.60. The third kappa shape index (κ3) is 10.9. The number of rotatable bonds is 17. The van der Waals surface area contributed by atoms with Gasteiger partial charge in [0.05, 0.1) is 0 Å².